The molecule has 3 aliphatic carbocycles. The Morgan fingerprint density at radius 1 is 1.19 bits per heavy atom. The van der Waals surface area contributed by atoms with Crippen molar-refractivity contribution in [2.24, 2.45) is 23.7 Å². The number of anilines is 1. The normalized spacial score (nSPS) is 36.7. The summed E-state index contributed by atoms with van der Waals surface area (Å²) in [5.74, 6) is 3.36. The van der Waals surface area contributed by atoms with Crippen molar-refractivity contribution in [3.05, 3.63) is 28.8 Å². The van der Waals surface area contributed by atoms with Crippen molar-refractivity contribution in [3.8, 4) is 0 Å². The fourth-order valence-electron chi connectivity index (χ4n) is 5.15. The van der Waals surface area contributed by atoms with Crippen LogP contribution in [0.15, 0.2) is 18.2 Å². The number of hydrogen-bond acceptors (Lipinski definition) is 2. The summed E-state index contributed by atoms with van der Waals surface area (Å²) in [5.41, 5.74) is 6.82. The third-order valence-corrected chi connectivity index (χ3v) is 6.34. The van der Waals surface area contributed by atoms with Gasteiger partial charge in [0.25, 0.3) is 5.91 Å². The van der Waals surface area contributed by atoms with Crippen LogP contribution in [0.25, 0.3) is 0 Å². The highest BCUT2D eigenvalue weighted by molar-refractivity contribution is 6.33. The number of carbonyl (C=O) groups excluding carboxylic acids is 1. The maximum absolute atomic E-state index is 12.4. The molecule has 1 aromatic rings. The van der Waals surface area contributed by atoms with Crippen molar-refractivity contribution in [1.82, 2.24) is 5.32 Å². The molecule has 0 radical (unpaired) electrons. The monoisotopic (exact) mass is 304 g/mol. The van der Waals surface area contributed by atoms with Crippen LogP contribution in [-0.4, -0.2) is 11.9 Å². The van der Waals surface area contributed by atoms with E-state index < -0.39 is 0 Å². The largest absolute Gasteiger partial charge is 0.398 e. The molecule has 3 N–H and O–H groups in total. The highest BCUT2D eigenvalue weighted by Gasteiger charge is 2.54. The van der Waals surface area contributed by atoms with Crippen LogP contribution in [0.3, 0.4) is 0 Å². The highest BCUT2D eigenvalue weighted by atomic mass is 35.5. The number of hydrogen-bond donors (Lipinski definition) is 2. The molecule has 3 nitrogen and oxygen atoms in total. The quantitative estimate of drug-likeness (QED) is 0.822. The molecule has 1 amide bonds. The lowest BCUT2D eigenvalue weighted by molar-refractivity contribution is 0.0901. The van der Waals surface area contributed by atoms with E-state index in [2.05, 4.69) is 5.32 Å². The average Bonchev–Trinajstić information content (AvgIpc) is 3.13. The zero-order valence-electron chi connectivity index (χ0n) is 12.0. The summed E-state index contributed by atoms with van der Waals surface area (Å²) >= 11 is 6.01. The standard InChI is InChI=1S/C17H21ClN2O/c18-14-7-9(4-5-15(14)19)17(21)20-16-8-10-6-13(16)12-3-1-2-11(10)12/h4-5,7,10-13,16H,1-3,6,8,19H2,(H,20,21). The molecule has 4 heteroatoms. The van der Waals surface area contributed by atoms with Crippen LogP contribution in [0, 0.1) is 23.7 Å². The number of nitrogens with one attached hydrogen (secondary N) is 1. The van der Waals surface area contributed by atoms with Crippen molar-refractivity contribution < 1.29 is 4.79 Å². The van der Waals surface area contributed by atoms with Gasteiger partial charge in [-0.25, -0.2) is 0 Å². The van der Waals surface area contributed by atoms with Crippen LogP contribution >= 0.6 is 11.6 Å². The van der Waals surface area contributed by atoms with Crippen LogP contribution < -0.4 is 11.1 Å². The molecule has 4 rings (SSSR count). The van der Waals surface area contributed by atoms with E-state index in [4.69, 9.17) is 17.3 Å². The second-order valence-corrected chi connectivity index (χ2v) is 7.38. The SMILES string of the molecule is Nc1ccc(C(=O)NC2CC3CC2C2CCCC32)cc1Cl. The van der Waals surface area contributed by atoms with Gasteiger partial charge in [0, 0.05) is 11.6 Å². The van der Waals surface area contributed by atoms with Gasteiger partial charge >= 0.3 is 0 Å². The number of rotatable bonds is 2. The molecule has 3 aliphatic rings. The predicted octanol–water partition coefficient (Wildman–Crippen LogP) is 3.48. The molecule has 0 aromatic heterocycles. The minimum atomic E-state index is -0.0102. The fraction of sp³-hybridized carbons (Fsp3) is 0.588. The molecule has 1 aromatic carbocycles. The second-order valence-electron chi connectivity index (χ2n) is 6.97. The van der Waals surface area contributed by atoms with Gasteiger partial charge in [0.05, 0.1) is 10.7 Å². The molecule has 21 heavy (non-hydrogen) atoms. The first kappa shape index (κ1) is 13.4. The second kappa shape index (κ2) is 4.91. The van der Waals surface area contributed by atoms with Gasteiger partial charge < -0.3 is 11.1 Å². The zero-order chi connectivity index (χ0) is 14.6. The molecule has 3 fully saturated rings. The Bertz CT molecular complexity index is 588. The molecule has 0 heterocycles. The molecule has 0 aliphatic heterocycles. The third-order valence-electron chi connectivity index (χ3n) is 6.01. The van der Waals surface area contributed by atoms with Gasteiger partial charge in [0.1, 0.15) is 0 Å². The van der Waals surface area contributed by atoms with Gasteiger partial charge in [-0.3, -0.25) is 4.79 Å². The molecule has 5 atom stereocenters. The lowest BCUT2D eigenvalue weighted by atomic mass is 9.79. The summed E-state index contributed by atoms with van der Waals surface area (Å²) < 4.78 is 0. The highest BCUT2D eigenvalue weighted by Crippen LogP contribution is 2.58. The van der Waals surface area contributed by atoms with Crippen LogP contribution in [-0.2, 0) is 0 Å². The van der Waals surface area contributed by atoms with Gasteiger partial charge in [-0.05, 0) is 67.6 Å². The summed E-state index contributed by atoms with van der Waals surface area (Å²) in [6, 6.07) is 5.48. The van der Waals surface area contributed by atoms with E-state index in [1.165, 1.54) is 32.1 Å². The Morgan fingerprint density at radius 2 is 2.00 bits per heavy atom. The van der Waals surface area contributed by atoms with E-state index >= 15 is 0 Å². The topological polar surface area (TPSA) is 55.1 Å². The Hall–Kier alpha value is -1.22. The zero-order valence-corrected chi connectivity index (χ0v) is 12.8. The molecule has 3 saturated carbocycles. The van der Waals surface area contributed by atoms with Crippen LogP contribution in [0.2, 0.25) is 5.02 Å². The molecule has 0 saturated heterocycles. The molecule has 5 unspecified atom stereocenters. The summed E-state index contributed by atoms with van der Waals surface area (Å²) in [6.45, 7) is 0. The van der Waals surface area contributed by atoms with Crippen molar-refractivity contribution in [3.63, 3.8) is 0 Å². The summed E-state index contributed by atoms with van der Waals surface area (Å²) in [6.07, 6.45) is 6.66. The van der Waals surface area contributed by atoms with Gasteiger partial charge in [0.2, 0.25) is 0 Å². The maximum Gasteiger partial charge on any atom is 0.251 e. The van der Waals surface area contributed by atoms with Crippen LogP contribution in [0.5, 0.6) is 0 Å². The van der Waals surface area contributed by atoms with Crippen molar-refractivity contribution in [2.75, 3.05) is 5.73 Å². The molecular formula is C17H21ClN2O. The first-order valence-corrected chi connectivity index (χ1v) is 8.37. The molecule has 112 valence electrons. The molecule has 0 spiro atoms. The Kier molecular flexibility index (Phi) is 3.14. The van der Waals surface area contributed by atoms with Crippen LogP contribution in [0.4, 0.5) is 5.69 Å². The summed E-state index contributed by atoms with van der Waals surface area (Å²) in [5, 5.41) is 3.70. The minimum absolute atomic E-state index is 0.0102. The molecular weight excluding hydrogens is 284 g/mol. The number of amides is 1. The van der Waals surface area contributed by atoms with Gasteiger partial charge in [-0.1, -0.05) is 18.0 Å². The third kappa shape index (κ3) is 2.13. The predicted molar refractivity (Wildman–Crippen MR) is 84.2 cm³/mol. The number of nitrogen functional groups attached to an aromatic ring is 1. The van der Waals surface area contributed by atoms with E-state index in [1.807, 2.05) is 0 Å². The Balaban J connectivity index is 1.47. The first-order valence-electron chi connectivity index (χ1n) is 7.99. The van der Waals surface area contributed by atoms with E-state index in [0.29, 0.717) is 28.2 Å². The smallest absolute Gasteiger partial charge is 0.251 e. The summed E-state index contributed by atoms with van der Waals surface area (Å²) in [4.78, 5) is 12.4. The van der Waals surface area contributed by atoms with E-state index in [0.717, 1.165) is 17.8 Å². The number of fused-ring (bicyclic) bond motifs is 5. The van der Waals surface area contributed by atoms with Crippen molar-refractivity contribution >= 4 is 23.2 Å². The maximum atomic E-state index is 12.4. The number of nitrogens with two attached hydrogens (primary N) is 1. The van der Waals surface area contributed by atoms with E-state index in [9.17, 15) is 4.79 Å². The van der Waals surface area contributed by atoms with Gasteiger partial charge in [-0.2, -0.15) is 0 Å². The van der Waals surface area contributed by atoms with Crippen molar-refractivity contribution in [1.29, 1.82) is 0 Å². The Labute approximate surface area is 130 Å². The lowest BCUT2D eigenvalue weighted by Gasteiger charge is -2.32. The van der Waals surface area contributed by atoms with Crippen molar-refractivity contribution in [2.45, 2.75) is 38.1 Å². The summed E-state index contributed by atoms with van der Waals surface area (Å²) in [7, 11) is 0. The Morgan fingerprint density at radius 3 is 2.81 bits per heavy atom. The van der Waals surface area contributed by atoms with Gasteiger partial charge in [-0.15, -0.1) is 0 Å². The number of halogens is 1. The number of benzene rings is 1. The lowest BCUT2D eigenvalue weighted by Crippen LogP contribution is -2.42. The minimum Gasteiger partial charge on any atom is -0.398 e. The first-order chi connectivity index (χ1) is 10.1. The van der Waals surface area contributed by atoms with Crippen LogP contribution in [0.1, 0.15) is 42.5 Å². The molecule has 2 bridgehead atoms. The average molecular weight is 305 g/mol. The fourth-order valence-corrected chi connectivity index (χ4v) is 5.33. The van der Waals surface area contributed by atoms with E-state index in [-0.39, 0.29) is 5.91 Å². The van der Waals surface area contributed by atoms with Gasteiger partial charge in [0.15, 0.2) is 0 Å². The van der Waals surface area contributed by atoms with E-state index in [1.54, 1.807) is 18.2 Å². The number of carbonyl (C=O) groups is 1.